The van der Waals surface area contributed by atoms with Crippen molar-refractivity contribution in [1.82, 2.24) is 0 Å². The van der Waals surface area contributed by atoms with Crippen LogP contribution in [-0.4, -0.2) is 17.2 Å². The molecular formula is C8H12F3NS. The van der Waals surface area contributed by atoms with Crippen LogP contribution in [0.1, 0.15) is 20.3 Å². The number of nitriles is 1. The van der Waals surface area contributed by atoms with Crippen molar-refractivity contribution in [2.45, 2.75) is 31.7 Å². The van der Waals surface area contributed by atoms with E-state index in [1.54, 1.807) is 0 Å². The molecule has 0 aliphatic heterocycles. The molecule has 5 heteroatoms. The van der Waals surface area contributed by atoms with Gasteiger partial charge in [0.1, 0.15) is 0 Å². The third kappa shape index (κ3) is 5.04. The first kappa shape index (κ1) is 12.6. The lowest BCUT2D eigenvalue weighted by Gasteiger charge is -2.14. The smallest absolute Gasteiger partial charge is 0.198 e. The lowest BCUT2D eigenvalue weighted by atomic mass is 10.2. The molecule has 0 saturated carbocycles. The largest absolute Gasteiger partial charge is 0.405 e. The number of rotatable bonds is 4. The zero-order valence-electron chi connectivity index (χ0n) is 7.56. The number of hydrogen-bond donors (Lipinski definition) is 0. The minimum atomic E-state index is -4.38. The SMILES string of the molecule is CCC(C)SCC(C#N)C(F)(F)F. The van der Waals surface area contributed by atoms with Crippen LogP contribution in [0.2, 0.25) is 0 Å². The first-order valence-electron chi connectivity index (χ1n) is 3.99. The number of halogens is 3. The van der Waals surface area contributed by atoms with E-state index in [1.807, 2.05) is 13.8 Å². The average molecular weight is 211 g/mol. The van der Waals surface area contributed by atoms with Crippen LogP contribution in [0.15, 0.2) is 0 Å². The molecule has 13 heavy (non-hydrogen) atoms. The molecule has 0 fully saturated rings. The average Bonchev–Trinajstić information content (AvgIpc) is 2.02. The highest BCUT2D eigenvalue weighted by molar-refractivity contribution is 7.99. The molecule has 76 valence electrons. The number of thioether (sulfide) groups is 1. The van der Waals surface area contributed by atoms with E-state index in [0.717, 1.165) is 6.42 Å². The molecule has 0 amide bonds. The minimum Gasteiger partial charge on any atom is -0.198 e. The van der Waals surface area contributed by atoms with Crippen LogP contribution in [0.4, 0.5) is 13.2 Å². The Bertz CT molecular complexity index is 185. The second-order valence-corrected chi connectivity index (χ2v) is 4.25. The number of hydrogen-bond acceptors (Lipinski definition) is 2. The highest BCUT2D eigenvalue weighted by Crippen LogP contribution is 2.30. The maximum atomic E-state index is 12.0. The van der Waals surface area contributed by atoms with E-state index >= 15 is 0 Å². The molecule has 0 aromatic carbocycles. The van der Waals surface area contributed by atoms with Crippen LogP contribution >= 0.6 is 11.8 Å². The van der Waals surface area contributed by atoms with E-state index in [2.05, 4.69) is 0 Å². The molecule has 0 aliphatic carbocycles. The van der Waals surface area contributed by atoms with Gasteiger partial charge in [0.2, 0.25) is 0 Å². The van der Waals surface area contributed by atoms with Gasteiger partial charge in [-0.3, -0.25) is 0 Å². The topological polar surface area (TPSA) is 23.8 Å². The van der Waals surface area contributed by atoms with Crippen LogP contribution in [0.25, 0.3) is 0 Å². The Morgan fingerprint density at radius 2 is 2.00 bits per heavy atom. The summed E-state index contributed by atoms with van der Waals surface area (Å²) in [6.07, 6.45) is -3.56. The first-order chi connectivity index (χ1) is 5.91. The predicted octanol–water partition coefficient (Wildman–Crippen LogP) is 3.22. The molecule has 0 aromatic rings. The lowest BCUT2D eigenvalue weighted by Crippen LogP contribution is -2.24. The Kier molecular flexibility index (Phi) is 5.23. The van der Waals surface area contributed by atoms with Gasteiger partial charge in [0.25, 0.3) is 0 Å². The summed E-state index contributed by atoms with van der Waals surface area (Å²) in [6, 6.07) is 1.28. The monoisotopic (exact) mass is 211 g/mol. The summed E-state index contributed by atoms with van der Waals surface area (Å²) >= 11 is 1.19. The van der Waals surface area contributed by atoms with Gasteiger partial charge < -0.3 is 0 Å². The second-order valence-electron chi connectivity index (χ2n) is 2.78. The van der Waals surface area contributed by atoms with Crippen molar-refractivity contribution in [2.75, 3.05) is 5.75 Å². The Balaban J connectivity index is 3.96. The van der Waals surface area contributed by atoms with Crippen molar-refractivity contribution in [3.8, 4) is 6.07 Å². The highest BCUT2D eigenvalue weighted by Gasteiger charge is 2.39. The molecule has 0 rings (SSSR count). The Labute approximate surface area is 80.3 Å². The van der Waals surface area contributed by atoms with Crippen molar-refractivity contribution >= 4 is 11.8 Å². The van der Waals surface area contributed by atoms with Crippen molar-refractivity contribution in [1.29, 1.82) is 5.26 Å². The minimum absolute atomic E-state index is 0.158. The standard InChI is InChI=1S/C8H12F3NS/c1-3-6(2)13-5-7(4-12)8(9,10)11/h6-7H,3,5H2,1-2H3. The van der Waals surface area contributed by atoms with E-state index in [1.165, 1.54) is 17.8 Å². The lowest BCUT2D eigenvalue weighted by molar-refractivity contribution is -0.152. The number of nitrogens with zero attached hydrogens (tertiary/aromatic N) is 1. The van der Waals surface area contributed by atoms with Gasteiger partial charge in [0, 0.05) is 11.0 Å². The maximum absolute atomic E-state index is 12.0. The molecule has 0 aromatic heterocycles. The Morgan fingerprint density at radius 1 is 1.46 bits per heavy atom. The zero-order valence-corrected chi connectivity index (χ0v) is 8.37. The van der Waals surface area contributed by atoms with Gasteiger partial charge in [-0.1, -0.05) is 13.8 Å². The van der Waals surface area contributed by atoms with Crippen molar-refractivity contribution < 1.29 is 13.2 Å². The highest BCUT2D eigenvalue weighted by atomic mass is 32.2. The van der Waals surface area contributed by atoms with E-state index in [0.29, 0.717) is 0 Å². The molecule has 0 aliphatic rings. The van der Waals surface area contributed by atoms with Crippen molar-refractivity contribution in [3.63, 3.8) is 0 Å². The summed E-state index contributed by atoms with van der Waals surface area (Å²) in [5, 5.41) is 8.44. The molecular weight excluding hydrogens is 199 g/mol. The van der Waals surface area contributed by atoms with Crippen LogP contribution in [0.5, 0.6) is 0 Å². The van der Waals surface area contributed by atoms with Crippen LogP contribution in [0.3, 0.4) is 0 Å². The van der Waals surface area contributed by atoms with Gasteiger partial charge >= 0.3 is 6.18 Å². The number of alkyl halides is 3. The normalized spacial score (nSPS) is 16.3. The Hall–Kier alpha value is -0.370. The molecule has 0 radical (unpaired) electrons. The van der Waals surface area contributed by atoms with Crippen molar-refractivity contribution in [3.05, 3.63) is 0 Å². The summed E-state index contributed by atoms with van der Waals surface area (Å²) < 4.78 is 36.1. The molecule has 0 heterocycles. The van der Waals surface area contributed by atoms with Crippen LogP contribution in [0, 0.1) is 17.2 Å². The Morgan fingerprint density at radius 3 is 2.31 bits per heavy atom. The molecule has 0 N–H and O–H groups in total. The molecule has 0 saturated heterocycles. The third-order valence-electron chi connectivity index (χ3n) is 1.67. The van der Waals surface area contributed by atoms with Crippen LogP contribution < -0.4 is 0 Å². The summed E-state index contributed by atoms with van der Waals surface area (Å²) in [5.74, 6) is -1.99. The van der Waals surface area contributed by atoms with Crippen molar-refractivity contribution in [2.24, 2.45) is 5.92 Å². The summed E-state index contributed by atoms with van der Waals surface area (Å²) in [5.41, 5.74) is 0. The van der Waals surface area contributed by atoms with E-state index < -0.39 is 12.1 Å². The fourth-order valence-electron chi connectivity index (χ4n) is 0.583. The van der Waals surface area contributed by atoms with Gasteiger partial charge in [-0.2, -0.15) is 30.2 Å². The van der Waals surface area contributed by atoms with Gasteiger partial charge in [0.05, 0.1) is 6.07 Å². The summed E-state index contributed by atoms with van der Waals surface area (Å²) in [7, 11) is 0. The molecule has 2 unspecified atom stereocenters. The van der Waals surface area contributed by atoms with E-state index in [-0.39, 0.29) is 11.0 Å². The van der Waals surface area contributed by atoms with E-state index in [4.69, 9.17) is 5.26 Å². The predicted molar refractivity (Wildman–Crippen MR) is 47.4 cm³/mol. The molecule has 2 atom stereocenters. The fourth-order valence-corrected chi connectivity index (χ4v) is 1.60. The maximum Gasteiger partial charge on any atom is 0.405 e. The van der Waals surface area contributed by atoms with Crippen LogP contribution in [-0.2, 0) is 0 Å². The van der Waals surface area contributed by atoms with Gasteiger partial charge in [-0.05, 0) is 6.42 Å². The van der Waals surface area contributed by atoms with Gasteiger partial charge in [-0.15, -0.1) is 0 Å². The third-order valence-corrected chi connectivity index (χ3v) is 3.10. The fraction of sp³-hybridized carbons (Fsp3) is 0.875. The molecule has 1 nitrogen and oxygen atoms in total. The first-order valence-corrected chi connectivity index (χ1v) is 5.04. The zero-order chi connectivity index (χ0) is 10.5. The molecule has 0 spiro atoms. The molecule has 0 bridgehead atoms. The van der Waals surface area contributed by atoms with Gasteiger partial charge in [-0.25, -0.2) is 0 Å². The summed E-state index contributed by atoms with van der Waals surface area (Å²) in [6.45, 7) is 3.77. The van der Waals surface area contributed by atoms with Gasteiger partial charge in [0.15, 0.2) is 5.92 Å². The quantitative estimate of drug-likeness (QED) is 0.712. The van der Waals surface area contributed by atoms with E-state index in [9.17, 15) is 13.2 Å². The summed E-state index contributed by atoms with van der Waals surface area (Å²) in [4.78, 5) is 0. The second kappa shape index (κ2) is 5.38.